The molecule has 0 spiro atoms. The minimum atomic E-state index is -3.87. The van der Waals surface area contributed by atoms with Crippen molar-refractivity contribution in [3.8, 4) is 0 Å². The van der Waals surface area contributed by atoms with Crippen molar-refractivity contribution in [3.63, 3.8) is 0 Å². The lowest BCUT2D eigenvalue weighted by atomic mass is 10.2. The van der Waals surface area contributed by atoms with Crippen LogP contribution in [0, 0.1) is 5.82 Å². The molecule has 1 amide bonds. The quantitative estimate of drug-likeness (QED) is 0.632. The average Bonchev–Trinajstić information content (AvgIpc) is 2.63. The van der Waals surface area contributed by atoms with Crippen molar-refractivity contribution in [2.24, 2.45) is 0 Å². The van der Waals surface area contributed by atoms with Gasteiger partial charge in [-0.25, -0.2) is 17.6 Å². The molecule has 156 valence electrons. The summed E-state index contributed by atoms with van der Waals surface area (Å²) in [5.41, 5.74) is 0.294. The molecule has 0 saturated heterocycles. The molecule has 2 rings (SSSR count). The molecular weight excluding hydrogens is 446 g/mol. The molecule has 0 radical (unpaired) electrons. The van der Waals surface area contributed by atoms with E-state index in [1.807, 2.05) is 0 Å². The molecule has 0 heterocycles. The smallest absolute Gasteiger partial charge is 0.339 e. The third-order valence-electron chi connectivity index (χ3n) is 3.62. The Labute approximate surface area is 177 Å². The normalized spacial score (nSPS) is 11.1. The van der Waals surface area contributed by atoms with Gasteiger partial charge in [-0.3, -0.25) is 9.10 Å². The number of anilines is 2. The Bertz CT molecular complexity index is 1050. The third kappa shape index (κ3) is 6.06. The van der Waals surface area contributed by atoms with Gasteiger partial charge in [0.1, 0.15) is 12.4 Å². The molecule has 0 atom stereocenters. The summed E-state index contributed by atoms with van der Waals surface area (Å²) >= 11 is 11.7. The molecule has 0 aliphatic heterocycles. The second-order valence-electron chi connectivity index (χ2n) is 5.83. The maximum absolute atomic E-state index is 13.4. The summed E-state index contributed by atoms with van der Waals surface area (Å²) < 4.78 is 43.2. The number of hydrogen-bond donors (Lipinski definition) is 1. The molecule has 1 N–H and O–H groups in total. The minimum Gasteiger partial charge on any atom is -0.462 e. The van der Waals surface area contributed by atoms with Gasteiger partial charge in [-0.15, -0.1) is 0 Å². The first-order valence-corrected chi connectivity index (χ1v) is 10.8. The second-order valence-corrected chi connectivity index (χ2v) is 8.55. The van der Waals surface area contributed by atoms with Crippen molar-refractivity contribution in [1.29, 1.82) is 0 Å². The number of nitrogens with one attached hydrogen (secondary N) is 1. The first-order valence-electron chi connectivity index (χ1n) is 8.22. The monoisotopic (exact) mass is 462 g/mol. The van der Waals surface area contributed by atoms with E-state index in [1.165, 1.54) is 24.3 Å². The van der Waals surface area contributed by atoms with Crippen LogP contribution in [0.15, 0.2) is 36.4 Å². The van der Waals surface area contributed by atoms with E-state index >= 15 is 0 Å². The van der Waals surface area contributed by atoms with Crippen LogP contribution in [0.5, 0.6) is 0 Å². The number of sulfonamides is 1. The molecule has 0 unspecified atom stereocenters. The summed E-state index contributed by atoms with van der Waals surface area (Å²) in [5.74, 6) is -2.08. The van der Waals surface area contributed by atoms with Crippen LogP contribution in [0.1, 0.15) is 17.3 Å². The number of esters is 1. The van der Waals surface area contributed by atoms with Crippen LogP contribution in [-0.4, -0.2) is 39.7 Å². The fourth-order valence-electron chi connectivity index (χ4n) is 2.34. The predicted octanol–water partition coefficient (Wildman–Crippen LogP) is 3.71. The van der Waals surface area contributed by atoms with Gasteiger partial charge < -0.3 is 10.1 Å². The van der Waals surface area contributed by atoms with Crippen LogP contribution < -0.4 is 9.62 Å². The summed E-state index contributed by atoms with van der Waals surface area (Å²) in [6, 6.07) is 7.46. The number of halogens is 3. The van der Waals surface area contributed by atoms with Gasteiger partial charge >= 0.3 is 5.97 Å². The lowest BCUT2D eigenvalue weighted by Crippen LogP contribution is -2.37. The zero-order valence-electron chi connectivity index (χ0n) is 15.4. The molecule has 0 saturated carbocycles. The Morgan fingerprint density at radius 1 is 1.14 bits per heavy atom. The maximum atomic E-state index is 13.4. The van der Waals surface area contributed by atoms with E-state index < -0.39 is 34.3 Å². The van der Waals surface area contributed by atoms with Crippen LogP contribution >= 0.6 is 23.2 Å². The average molecular weight is 463 g/mol. The zero-order valence-corrected chi connectivity index (χ0v) is 17.7. The SMILES string of the molecule is CCOC(=O)c1cc(NC(=O)CN(c2ccc(F)c(Cl)c2)S(C)(=O)=O)ccc1Cl. The van der Waals surface area contributed by atoms with E-state index in [1.54, 1.807) is 6.92 Å². The van der Waals surface area contributed by atoms with Crippen molar-refractivity contribution in [1.82, 2.24) is 0 Å². The highest BCUT2D eigenvalue weighted by Crippen LogP contribution is 2.25. The van der Waals surface area contributed by atoms with Gasteiger partial charge in [0, 0.05) is 5.69 Å². The van der Waals surface area contributed by atoms with Gasteiger partial charge in [0.2, 0.25) is 15.9 Å². The van der Waals surface area contributed by atoms with Gasteiger partial charge in [-0.1, -0.05) is 23.2 Å². The van der Waals surface area contributed by atoms with Gasteiger partial charge in [0.15, 0.2) is 0 Å². The van der Waals surface area contributed by atoms with E-state index in [0.717, 1.165) is 22.7 Å². The number of rotatable bonds is 7. The minimum absolute atomic E-state index is 0.0253. The number of ether oxygens (including phenoxy) is 1. The maximum Gasteiger partial charge on any atom is 0.339 e. The first kappa shape index (κ1) is 22.9. The zero-order chi connectivity index (χ0) is 21.8. The molecular formula is C18H17Cl2FN2O5S. The standard InChI is InChI=1S/C18H17Cl2FN2O5S/c1-3-28-18(25)13-8-11(4-6-14(13)19)22-17(24)10-23(29(2,26)27)12-5-7-16(21)15(20)9-12/h4-9H,3,10H2,1-2H3,(H,22,24). The lowest BCUT2D eigenvalue weighted by molar-refractivity contribution is -0.114. The van der Waals surface area contributed by atoms with Crippen molar-refractivity contribution in [3.05, 3.63) is 57.8 Å². The molecule has 29 heavy (non-hydrogen) atoms. The van der Waals surface area contributed by atoms with E-state index in [-0.39, 0.29) is 33.6 Å². The number of carbonyl (C=O) groups excluding carboxylic acids is 2. The highest BCUT2D eigenvalue weighted by atomic mass is 35.5. The van der Waals surface area contributed by atoms with Crippen molar-refractivity contribution < 1.29 is 27.1 Å². The van der Waals surface area contributed by atoms with Gasteiger partial charge in [-0.05, 0) is 43.3 Å². The number of amides is 1. The first-order chi connectivity index (χ1) is 13.5. The summed E-state index contributed by atoms with van der Waals surface area (Å²) in [6.45, 7) is 1.19. The topological polar surface area (TPSA) is 92.8 Å². The van der Waals surface area contributed by atoms with E-state index in [4.69, 9.17) is 27.9 Å². The molecule has 7 nitrogen and oxygen atoms in total. The molecule has 0 fully saturated rings. The Morgan fingerprint density at radius 2 is 1.83 bits per heavy atom. The highest BCUT2D eigenvalue weighted by Gasteiger charge is 2.22. The largest absolute Gasteiger partial charge is 0.462 e. The van der Waals surface area contributed by atoms with Gasteiger partial charge in [0.05, 0.1) is 34.2 Å². The molecule has 11 heteroatoms. The number of hydrogen-bond acceptors (Lipinski definition) is 5. The summed E-state index contributed by atoms with van der Waals surface area (Å²) in [4.78, 5) is 24.3. The van der Waals surface area contributed by atoms with E-state index in [0.29, 0.717) is 0 Å². The Kier molecular flexibility index (Phi) is 7.45. The third-order valence-corrected chi connectivity index (χ3v) is 5.38. The number of carbonyl (C=O) groups is 2. The highest BCUT2D eigenvalue weighted by molar-refractivity contribution is 7.92. The Morgan fingerprint density at radius 3 is 2.41 bits per heavy atom. The van der Waals surface area contributed by atoms with Crippen molar-refractivity contribution in [2.75, 3.05) is 29.0 Å². The summed E-state index contributed by atoms with van der Waals surface area (Å²) in [6.07, 6.45) is 0.901. The Balaban J connectivity index is 2.24. The fraction of sp³-hybridized carbons (Fsp3) is 0.222. The summed E-state index contributed by atoms with van der Waals surface area (Å²) in [7, 11) is -3.87. The molecule has 0 aliphatic carbocycles. The number of benzene rings is 2. The van der Waals surface area contributed by atoms with Gasteiger partial charge in [-0.2, -0.15) is 0 Å². The van der Waals surface area contributed by atoms with Crippen LogP contribution in [-0.2, 0) is 19.6 Å². The van der Waals surface area contributed by atoms with Crippen LogP contribution in [0.2, 0.25) is 10.0 Å². The predicted molar refractivity (Wildman–Crippen MR) is 110 cm³/mol. The second kappa shape index (κ2) is 9.43. The van der Waals surface area contributed by atoms with Crippen molar-refractivity contribution in [2.45, 2.75) is 6.92 Å². The van der Waals surface area contributed by atoms with Crippen LogP contribution in [0.4, 0.5) is 15.8 Å². The van der Waals surface area contributed by atoms with Crippen LogP contribution in [0.25, 0.3) is 0 Å². The van der Waals surface area contributed by atoms with E-state index in [9.17, 15) is 22.4 Å². The van der Waals surface area contributed by atoms with Crippen molar-refractivity contribution >= 4 is 56.5 Å². The summed E-state index contributed by atoms with van der Waals surface area (Å²) in [5, 5.41) is 2.34. The lowest BCUT2D eigenvalue weighted by Gasteiger charge is -2.22. The molecule has 0 aliphatic rings. The fourth-order valence-corrected chi connectivity index (χ4v) is 3.56. The molecule has 2 aromatic rings. The Hall–Kier alpha value is -2.36. The molecule has 0 bridgehead atoms. The molecule has 0 aromatic heterocycles. The molecule has 2 aromatic carbocycles. The van der Waals surface area contributed by atoms with E-state index in [2.05, 4.69) is 5.32 Å². The van der Waals surface area contributed by atoms with Gasteiger partial charge in [0.25, 0.3) is 0 Å². The van der Waals surface area contributed by atoms with Crippen LogP contribution in [0.3, 0.4) is 0 Å². The number of nitrogens with zero attached hydrogens (tertiary/aromatic N) is 1.